The molecule has 1 aliphatic heterocycles. The summed E-state index contributed by atoms with van der Waals surface area (Å²) in [5.74, 6) is 0.0170. The molecule has 34 heavy (non-hydrogen) atoms. The summed E-state index contributed by atoms with van der Waals surface area (Å²) in [4.78, 5) is 50.4. The van der Waals surface area contributed by atoms with Gasteiger partial charge in [0.2, 0.25) is 11.8 Å². The summed E-state index contributed by atoms with van der Waals surface area (Å²) in [7, 11) is 0. The Morgan fingerprint density at radius 2 is 1.91 bits per heavy atom. The van der Waals surface area contributed by atoms with Crippen molar-refractivity contribution >= 4 is 34.1 Å². The molecule has 1 N–H and O–H groups in total. The van der Waals surface area contributed by atoms with Gasteiger partial charge in [-0.1, -0.05) is 36.7 Å². The summed E-state index contributed by atoms with van der Waals surface area (Å²) in [5.41, 5.74) is 1.71. The zero-order valence-corrected chi connectivity index (χ0v) is 20.3. The van der Waals surface area contributed by atoms with Gasteiger partial charge in [-0.05, 0) is 49.7 Å². The van der Waals surface area contributed by atoms with Crippen LogP contribution in [0.15, 0.2) is 24.5 Å². The Bertz CT molecular complexity index is 1050. The lowest BCUT2D eigenvalue weighted by Gasteiger charge is -2.38. The lowest BCUT2D eigenvalue weighted by molar-refractivity contribution is -0.139. The Morgan fingerprint density at radius 1 is 1.09 bits per heavy atom. The number of anilines is 1. The molecule has 0 bridgehead atoms. The van der Waals surface area contributed by atoms with E-state index in [1.54, 1.807) is 6.20 Å². The highest BCUT2D eigenvalue weighted by Crippen LogP contribution is 2.37. The van der Waals surface area contributed by atoms with Gasteiger partial charge in [-0.15, -0.1) is 0 Å². The molecule has 2 aliphatic carbocycles. The van der Waals surface area contributed by atoms with E-state index in [-0.39, 0.29) is 30.1 Å². The van der Waals surface area contributed by atoms with Gasteiger partial charge in [0.05, 0.1) is 22.5 Å². The van der Waals surface area contributed by atoms with Crippen LogP contribution in [0, 0.1) is 11.8 Å². The number of carbonyl (C=O) groups excluding carboxylic acids is 3. The van der Waals surface area contributed by atoms with Gasteiger partial charge in [0.25, 0.3) is 0 Å². The Kier molecular flexibility index (Phi) is 7.04. The monoisotopic (exact) mass is 480 g/mol. The zero-order chi connectivity index (χ0) is 23.5. The first-order valence-corrected chi connectivity index (χ1v) is 13.4. The molecule has 0 spiro atoms. The highest BCUT2D eigenvalue weighted by atomic mass is 32.1. The van der Waals surface area contributed by atoms with Crippen LogP contribution in [0.3, 0.4) is 0 Å². The first-order chi connectivity index (χ1) is 16.6. The van der Waals surface area contributed by atoms with E-state index in [4.69, 9.17) is 0 Å². The fourth-order valence-electron chi connectivity index (χ4n) is 5.73. The average Bonchev–Trinajstić information content (AvgIpc) is 3.27. The zero-order valence-electron chi connectivity index (χ0n) is 19.5. The second-order valence-corrected chi connectivity index (χ2v) is 10.9. The van der Waals surface area contributed by atoms with Crippen LogP contribution in [0.5, 0.6) is 0 Å². The Labute approximate surface area is 204 Å². The van der Waals surface area contributed by atoms with Crippen LogP contribution in [0.2, 0.25) is 0 Å². The van der Waals surface area contributed by atoms with Crippen molar-refractivity contribution in [3.8, 4) is 0 Å². The third kappa shape index (κ3) is 5.06. The number of amides is 2. The number of rotatable bonds is 5. The number of pyridine rings is 1. The lowest BCUT2D eigenvalue weighted by Crippen LogP contribution is -2.44. The lowest BCUT2D eigenvalue weighted by atomic mass is 9.87. The third-order valence-corrected chi connectivity index (χ3v) is 8.53. The van der Waals surface area contributed by atoms with Crippen molar-refractivity contribution in [3.63, 3.8) is 0 Å². The van der Waals surface area contributed by atoms with E-state index >= 15 is 0 Å². The molecule has 2 aromatic heterocycles. The smallest absolute Gasteiger partial charge is 0.227 e. The van der Waals surface area contributed by atoms with Crippen molar-refractivity contribution in [3.05, 3.63) is 40.7 Å². The maximum atomic E-state index is 13.6. The van der Waals surface area contributed by atoms with E-state index < -0.39 is 5.92 Å². The molecule has 2 aromatic rings. The predicted molar refractivity (Wildman–Crippen MR) is 131 cm³/mol. The van der Waals surface area contributed by atoms with Crippen molar-refractivity contribution in [1.82, 2.24) is 14.9 Å². The summed E-state index contributed by atoms with van der Waals surface area (Å²) in [5, 5.41) is 3.40. The van der Waals surface area contributed by atoms with Gasteiger partial charge in [0.15, 0.2) is 10.9 Å². The van der Waals surface area contributed by atoms with Gasteiger partial charge in [-0.3, -0.25) is 19.4 Å². The van der Waals surface area contributed by atoms with Crippen LogP contribution >= 0.6 is 11.3 Å². The van der Waals surface area contributed by atoms with Crippen LogP contribution in [-0.2, 0) is 16.0 Å². The van der Waals surface area contributed by atoms with Gasteiger partial charge < -0.3 is 10.2 Å². The molecule has 0 unspecified atom stereocenters. The topological polar surface area (TPSA) is 92.3 Å². The SMILES string of the molecule is O=C(CC1CCCCC1)Nc1nc2c(s1)C(=O)C[C@H](C(=O)N1CCCC[C@H]1c1cccnc1)C2. The van der Waals surface area contributed by atoms with Gasteiger partial charge >= 0.3 is 0 Å². The number of hydrogen-bond donors (Lipinski definition) is 1. The van der Waals surface area contributed by atoms with E-state index in [0.717, 1.165) is 37.7 Å². The highest BCUT2D eigenvalue weighted by molar-refractivity contribution is 7.17. The molecular formula is C26H32N4O3S. The molecule has 2 amide bonds. The maximum absolute atomic E-state index is 13.6. The van der Waals surface area contributed by atoms with Crippen molar-refractivity contribution in [2.45, 2.75) is 76.7 Å². The second kappa shape index (κ2) is 10.3. The van der Waals surface area contributed by atoms with Crippen molar-refractivity contribution in [1.29, 1.82) is 0 Å². The summed E-state index contributed by atoms with van der Waals surface area (Å²) >= 11 is 1.25. The molecule has 2 atom stereocenters. The summed E-state index contributed by atoms with van der Waals surface area (Å²) < 4.78 is 0. The van der Waals surface area contributed by atoms with Gasteiger partial charge in [-0.2, -0.15) is 0 Å². The maximum Gasteiger partial charge on any atom is 0.227 e. The number of thiazole rings is 1. The molecule has 5 rings (SSSR count). The number of piperidine rings is 1. The number of fused-ring (bicyclic) bond motifs is 1. The molecule has 0 radical (unpaired) electrons. The van der Waals surface area contributed by atoms with E-state index in [9.17, 15) is 14.4 Å². The molecule has 3 heterocycles. The van der Waals surface area contributed by atoms with Crippen LogP contribution in [0.1, 0.15) is 91.2 Å². The van der Waals surface area contributed by atoms with Gasteiger partial charge in [0.1, 0.15) is 0 Å². The molecule has 2 fully saturated rings. The average molecular weight is 481 g/mol. The Morgan fingerprint density at radius 3 is 2.71 bits per heavy atom. The number of carbonyl (C=O) groups is 3. The Balaban J connectivity index is 1.26. The highest BCUT2D eigenvalue weighted by Gasteiger charge is 2.38. The van der Waals surface area contributed by atoms with Crippen molar-refractivity contribution in [2.24, 2.45) is 11.8 Å². The number of ketones is 1. The summed E-state index contributed by atoms with van der Waals surface area (Å²) in [6, 6.07) is 3.94. The van der Waals surface area contributed by atoms with E-state index in [0.29, 0.717) is 41.0 Å². The van der Waals surface area contributed by atoms with Gasteiger partial charge in [0, 0.05) is 38.2 Å². The molecule has 1 saturated heterocycles. The first-order valence-electron chi connectivity index (χ1n) is 12.6. The molecule has 8 heteroatoms. The number of hydrogen-bond acceptors (Lipinski definition) is 6. The van der Waals surface area contributed by atoms with Crippen molar-refractivity contribution < 1.29 is 14.4 Å². The van der Waals surface area contributed by atoms with Crippen LogP contribution < -0.4 is 5.32 Å². The standard InChI is InChI=1S/C26H32N4O3S/c31-22-15-19(25(33)30-12-5-4-10-21(30)18-9-6-11-27-16-18)14-20-24(22)34-26(28-20)29-23(32)13-17-7-2-1-3-8-17/h6,9,11,16-17,19,21H,1-5,7-8,10,12-15H2,(H,28,29,32)/t19-,21+/m1/s1. The fourth-order valence-corrected chi connectivity index (χ4v) is 6.69. The molecule has 3 aliphatic rings. The van der Waals surface area contributed by atoms with E-state index in [1.165, 1.54) is 30.6 Å². The van der Waals surface area contributed by atoms with E-state index in [1.807, 2.05) is 23.2 Å². The second-order valence-electron chi connectivity index (χ2n) is 9.91. The number of nitrogens with zero attached hydrogens (tertiary/aromatic N) is 3. The Hall–Kier alpha value is -2.61. The summed E-state index contributed by atoms with van der Waals surface area (Å²) in [6.07, 6.45) is 13.6. The van der Waals surface area contributed by atoms with Crippen LogP contribution in [-0.4, -0.2) is 39.0 Å². The predicted octanol–water partition coefficient (Wildman–Crippen LogP) is 4.95. The number of aromatic nitrogens is 2. The first kappa shape index (κ1) is 23.1. The number of Topliss-reactive ketones (excluding diaryl/α,β-unsaturated/α-hetero) is 1. The minimum Gasteiger partial charge on any atom is -0.335 e. The molecule has 7 nitrogen and oxygen atoms in total. The van der Waals surface area contributed by atoms with Crippen molar-refractivity contribution in [2.75, 3.05) is 11.9 Å². The van der Waals surface area contributed by atoms with Crippen LogP contribution in [0.25, 0.3) is 0 Å². The minimum atomic E-state index is -0.398. The quantitative estimate of drug-likeness (QED) is 0.654. The fraction of sp³-hybridized carbons (Fsp3) is 0.577. The molecular weight excluding hydrogens is 448 g/mol. The normalized spacial score (nSPS) is 23.4. The summed E-state index contributed by atoms with van der Waals surface area (Å²) in [6.45, 7) is 0.704. The minimum absolute atomic E-state index is 0.0107. The molecule has 0 aromatic carbocycles. The van der Waals surface area contributed by atoms with E-state index in [2.05, 4.69) is 15.3 Å². The van der Waals surface area contributed by atoms with Gasteiger partial charge in [-0.25, -0.2) is 4.98 Å². The largest absolute Gasteiger partial charge is 0.335 e. The molecule has 1 saturated carbocycles. The number of likely N-dealkylation sites (tertiary alicyclic amines) is 1. The third-order valence-electron chi connectivity index (χ3n) is 7.47. The molecule has 180 valence electrons. The number of nitrogens with one attached hydrogen (secondary N) is 1. The van der Waals surface area contributed by atoms with Crippen LogP contribution in [0.4, 0.5) is 5.13 Å².